The van der Waals surface area contributed by atoms with Crippen molar-refractivity contribution < 1.29 is 9.59 Å². The minimum Gasteiger partial charge on any atom is -0.338 e. The molecule has 2 atom stereocenters. The number of piperazine rings is 1. The van der Waals surface area contributed by atoms with Crippen LogP contribution in [0.25, 0.3) is 5.69 Å². The Labute approximate surface area is 241 Å². The number of amides is 3. The Morgan fingerprint density at radius 2 is 1.82 bits per heavy atom. The standard InChI is InChI=1S/C28H40N8O3.ClH/c1-19-16-22(5-4-20(19)6-9-33-10-7-21-17-28(21,30)18-33)36-11-8-23(32-26(36)39)31-25(38)35-14-12-34(13-15-35)24(37)27(2,3)29;/h4-5,8,11,16,21H,6-7,9-10,12-15,17-18,29-30H2,1-3H3,(H,31,32,38,39);1H. The van der Waals surface area contributed by atoms with Gasteiger partial charge in [-0.1, -0.05) is 6.07 Å². The van der Waals surface area contributed by atoms with E-state index in [1.807, 2.05) is 12.1 Å². The highest BCUT2D eigenvalue weighted by molar-refractivity contribution is 5.89. The number of fused-ring (bicyclic) bond motifs is 1. The van der Waals surface area contributed by atoms with E-state index in [9.17, 15) is 14.4 Å². The third-order valence-electron chi connectivity index (χ3n) is 8.34. The molecule has 3 fully saturated rings. The molecule has 0 spiro atoms. The molecule has 5 N–H and O–H groups in total. The van der Waals surface area contributed by atoms with E-state index in [1.54, 1.807) is 35.9 Å². The first kappa shape index (κ1) is 30.0. The largest absolute Gasteiger partial charge is 0.354 e. The van der Waals surface area contributed by atoms with E-state index >= 15 is 0 Å². The molecular formula is C28H41ClN8O3. The molecule has 2 unspecified atom stereocenters. The highest BCUT2D eigenvalue weighted by Crippen LogP contribution is 2.46. The zero-order valence-electron chi connectivity index (χ0n) is 23.6. The fraction of sp³-hybridized carbons (Fsp3) is 0.571. The normalized spacial score (nSPS) is 22.8. The molecule has 2 aromatic rings. The van der Waals surface area contributed by atoms with E-state index in [1.165, 1.54) is 16.6 Å². The van der Waals surface area contributed by atoms with Crippen molar-refractivity contribution in [1.82, 2.24) is 24.3 Å². The molecule has 12 heteroatoms. The summed E-state index contributed by atoms with van der Waals surface area (Å²) in [5.74, 6) is 0.769. The molecule has 0 radical (unpaired) electrons. The van der Waals surface area contributed by atoms with Crippen molar-refractivity contribution in [3.05, 3.63) is 52.1 Å². The Morgan fingerprint density at radius 1 is 1.12 bits per heavy atom. The molecular weight excluding hydrogens is 532 g/mol. The monoisotopic (exact) mass is 572 g/mol. The number of nitrogens with two attached hydrogens (primary N) is 2. The molecule has 3 amide bonds. The Balaban J connectivity index is 0.00000370. The van der Waals surface area contributed by atoms with Crippen LogP contribution in [-0.4, -0.2) is 93.1 Å². The smallest absolute Gasteiger partial charge is 0.338 e. The molecule has 218 valence electrons. The lowest BCUT2D eigenvalue weighted by atomic mass is 10.0. The fourth-order valence-corrected chi connectivity index (χ4v) is 5.77. The number of carbonyl (C=O) groups excluding carboxylic acids is 2. The van der Waals surface area contributed by atoms with Gasteiger partial charge in [-0.15, -0.1) is 12.4 Å². The highest BCUT2D eigenvalue weighted by atomic mass is 35.5. The number of urea groups is 1. The SMILES string of the molecule is Cc1cc(-n2ccc(NC(=O)N3CCN(C(=O)C(C)(C)N)CC3)nc2=O)ccc1CCN1CCC2CC2(N)C1.Cl. The lowest BCUT2D eigenvalue weighted by Crippen LogP contribution is -2.58. The second kappa shape index (κ2) is 11.5. The van der Waals surface area contributed by atoms with Gasteiger partial charge in [0.05, 0.1) is 11.2 Å². The predicted octanol–water partition coefficient (Wildman–Crippen LogP) is 1.34. The maximum atomic E-state index is 12.8. The van der Waals surface area contributed by atoms with Gasteiger partial charge in [-0.2, -0.15) is 4.98 Å². The van der Waals surface area contributed by atoms with E-state index in [2.05, 4.69) is 28.2 Å². The van der Waals surface area contributed by atoms with Crippen LogP contribution in [0.4, 0.5) is 10.6 Å². The van der Waals surface area contributed by atoms with Gasteiger partial charge in [0.15, 0.2) is 0 Å². The molecule has 11 nitrogen and oxygen atoms in total. The number of benzene rings is 1. The molecule has 1 aromatic carbocycles. The second-order valence-electron chi connectivity index (χ2n) is 12.0. The molecule has 5 rings (SSSR count). The van der Waals surface area contributed by atoms with Gasteiger partial charge < -0.3 is 26.2 Å². The topological polar surface area (TPSA) is 143 Å². The predicted molar refractivity (Wildman–Crippen MR) is 157 cm³/mol. The molecule has 1 aromatic heterocycles. The van der Waals surface area contributed by atoms with Crippen molar-refractivity contribution in [2.24, 2.45) is 17.4 Å². The van der Waals surface area contributed by atoms with Crippen LogP contribution in [0.2, 0.25) is 0 Å². The number of nitrogens with one attached hydrogen (secondary N) is 1. The number of nitrogens with zero attached hydrogens (tertiary/aromatic N) is 5. The lowest BCUT2D eigenvalue weighted by Gasteiger charge is -2.37. The number of hydrogen-bond acceptors (Lipinski definition) is 7. The van der Waals surface area contributed by atoms with E-state index in [4.69, 9.17) is 11.5 Å². The van der Waals surface area contributed by atoms with E-state index < -0.39 is 11.2 Å². The zero-order valence-corrected chi connectivity index (χ0v) is 24.4. The Bertz CT molecular complexity index is 1320. The first-order chi connectivity index (χ1) is 18.4. The van der Waals surface area contributed by atoms with Gasteiger partial charge in [-0.25, -0.2) is 9.59 Å². The molecule has 1 aliphatic carbocycles. The van der Waals surface area contributed by atoms with Gasteiger partial charge in [0.2, 0.25) is 5.91 Å². The zero-order chi connectivity index (χ0) is 27.9. The summed E-state index contributed by atoms with van der Waals surface area (Å²) in [6, 6.07) is 7.27. The first-order valence-electron chi connectivity index (χ1n) is 13.8. The fourth-order valence-electron chi connectivity index (χ4n) is 5.77. The van der Waals surface area contributed by atoms with Crippen molar-refractivity contribution in [3.8, 4) is 5.69 Å². The molecule has 40 heavy (non-hydrogen) atoms. The van der Waals surface area contributed by atoms with Crippen LogP contribution < -0.4 is 22.5 Å². The molecule has 0 bridgehead atoms. The highest BCUT2D eigenvalue weighted by Gasteiger charge is 2.53. The third kappa shape index (κ3) is 6.49. The number of likely N-dealkylation sites (tertiary alicyclic amines) is 1. The minimum absolute atomic E-state index is 0. The lowest BCUT2D eigenvalue weighted by molar-refractivity contribution is -0.137. The molecule has 1 saturated carbocycles. The third-order valence-corrected chi connectivity index (χ3v) is 8.34. The molecule has 2 saturated heterocycles. The summed E-state index contributed by atoms with van der Waals surface area (Å²) in [7, 11) is 0. The Hall–Kier alpha value is -2.99. The Morgan fingerprint density at radius 3 is 2.45 bits per heavy atom. The summed E-state index contributed by atoms with van der Waals surface area (Å²) in [5.41, 5.74) is 14.1. The number of halogens is 1. The number of carbonyl (C=O) groups is 2. The average Bonchev–Trinajstić information content (AvgIpc) is 3.57. The van der Waals surface area contributed by atoms with E-state index in [0.29, 0.717) is 26.2 Å². The van der Waals surface area contributed by atoms with Gasteiger partial charge in [-0.3, -0.25) is 14.7 Å². The maximum Gasteiger partial charge on any atom is 0.354 e. The number of aromatic nitrogens is 2. The quantitative estimate of drug-likeness (QED) is 0.474. The summed E-state index contributed by atoms with van der Waals surface area (Å²) < 4.78 is 1.47. The van der Waals surface area contributed by atoms with Crippen LogP contribution in [-0.2, 0) is 11.2 Å². The van der Waals surface area contributed by atoms with Gasteiger partial charge >= 0.3 is 11.7 Å². The van der Waals surface area contributed by atoms with Gasteiger partial charge in [0.1, 0.15) is 5.82 Å². The van der Waals surface area contributed by atoms with Crippen molar-refractivity contribution in [2.45, 2.75) is 51.1 Å². The minimum atomic E-state index is -0.946. The Kier molecular flexibility index (Phi) is 8.60. The summed E-state index contributed by atoms with van der Waals surface area (Å²) >= 11 is 0. The van der Waals surface area contributed by atoms with Crippen LogP contribution in [0.5, 0.6) is 0 Å². The number of aryl methyl sites for hydroxylation is 1. The van der Waals surface area contributed by atoms with Crippen molar-refractivity contribution >= 4 is 30.2 Å². The van der Waals surface area contributed by atoms with E-state index in [-0.39, 0.29) is 35.7 Å². The van der Waals surface area contributed by atoms with Crippen molar-refractivity contribution in [2.75, 3.05) is 51.1 Å². The maximum absolute atomic E-state index is 12.8. The summed E-state index contributed by atoms with van der Waals surface area (Å²) in [5, 5.41) is 2.70. The van der Waals surface area contributed by atoms with Crippen molar-refractivity contribution in [3.63, 3.8) is 0 Å². The molecule has 2 aliphatic heterocycles. The van der Waals surface area contributed by atoms with Crippen LogP contribution in [0, 0.1) is 12.8 Å². The second-order valence-corrected chi connectivity index (χ2v) is 12.0. The van der Waals surface area contributed by atoms with Crippen LogP contribution in [0.15, 0.2) is 35.3 Å². The van der Waals surface area contributed by atoms with Gasteiger partial charge in [-0.05, 0) is 81.8 Å². The number of piperidine rings is 1. The van der Waals surface area contributed by atoms with Gasteiger partial charge in [0, 0.05) is 51.0 Å². The summed E-state index contributed by atoms with van der Waals surface area (Å²) in [6.07, 6.45) is 4.93. The number of rotatable bonds is 6. The number of hydrogen-bond donors (Lipinski definition) is 3. The van der Waals surface area contributed by atoms with E-state index in [0.717, 1.165) is 49.6 Å². The van der Waals surface area contributed by atoms with Crippen LogP contribution >= 0.6 is 12.4 Å². The molecule has 3 aliphatic rings. The summed E-state index contributed by atoms with van der Waals surface area (Å²) in [4.78, 5) is 47.7. The van der Waals surface area contributed by atoms with Gasteiger partial charge in [0.25, 0.3) is 0 Å². The van der Waals surface area contributed by atoms with Crippen LogP contribution in [0.1, 0.15) is 37.8 Å². The number of anilines is 1. The molecule has 3 heterocycles. The average molecular weight is 573 g/mol. The van der Waals surface area contributed by atoms with Crippen molar-refractivity contribution in [1.29, 1.82) is 0 Å². The summed E-state index contributed by atoms with van der Waals surface area (Å²) in [6.45, 7) is 10.1. The van der Waals surface area contributed by atoms with Crippen LogP contribution in [0.3, 0.4) is 0 Å². The first-order valence-corrected chi connectivity index (χ1v) is 13.8.